The highest BCUT2D eigenvalue weighted by Crippen LogP contribution is 2.25. The molecule has 1 aliphatic heterocycles. The summed E-state index contributed by atoms with van der Waals surface area (Å²) in [6.07, 6.45) is 2.02. The highest BCUT2D eigenvalue weighted by Gasteiger charge is 2.29. The highest BCUT2D eigenvalue weighted by atomic mass is 35.5. The van der Waals surface area contributed by atoms with Crippen LogP contribution < -0.4 is 4.74 Å². The van der Waals surface area contributed by atoms with Crippen LogP contribution in [0.5, 0.6) is 5.75 Å². The number of likely N-dealkylation sites (tertiary alicyclic amines) is 1. The Bertz CT molecular complexity index is 422. The molecular formula is C14H18ClNO2. The molecule has 98 valence electrons. The number of hydrogen-bond donors (Lipinski definition) is 0. The van der Waals surface area contributed by atoms with Crippen molar-refractivity contribution in [2.75, 3.05) is 19.0 Å². The first-order valence-corrected chi connectivity index (χ1v) is 6.90. The molecule has 2 rings (SSSR count). The third-order valence-electron chi connectivity index (χ3n) is 3.23. The SMILES string of the molecule is CCOc1ccccc1C(=O)N1CCCC1CCl. The molecule has 0 spiro atoms. The molecule has 0 bridgehead atoms. The molecular weight excluding hydrogens is 250 g/mol. The highest BCUT2D eigenvalue weighted by molar-refractivity contribution is 6.18. The molecule has 4 heteroatoms. The molecule has 0 aromatic heterocycles. The monoisotopic (exact) mass is 267 g/mol. The molecule has 1 heterocycles. The van der Waals surface area contributed by atoms with Gasteiger partial charge in [-0.3, -0.25) is 4.79 Å². The summed E-state index contributed by atoms with van der Waals surface area (Å²) in [7, 11) is 0. The van der Waals surface area contributed by atoms with Gasteiger partial charge in [0, 0.05) is 18.5 Å². The van der Waals surface area contributed by atoms with Crippen molar-refractivity contribution in [3.8, 4) is 5.75 Å². The summed E-state index contributed by atoms with van der Waals surface area (Å²) in [6, 6.07) is 7.56. The maximum Gasteiger partial charge on any atom is 0.257 e. The fourth-order valence-electron chi connectivity index (χ4n) is 2.34. The summed E-state index contributed by atoms with van der Waals surface area (Å²) in [5, 5.41) is 0. The van der Waals surface area contributed by atoms with Crippen molar-refractivity contribution >= 4 is 17.5 Å². The van der Waals surface area contributed by atoms with Gasteiger partial charge in [0.2, 0.25) is 0 Å². The van der Waals surface area contributed by atoms with Gasteiger partial charge in [-0.25, -0.2) is 0 Å². The van der Waals surface area contributed by atoms with Gasteiger partial charge in [0.1, 0.15) is 5.75 Å². The minimum Gasteiger partial charge on any atom is -0.493 e. The number of halogens is 1. The van der Waals surface area contributed by atoms with E-state index in [1.165, 1.54) is 0 Å². The lowest BCUT2D eigenvalue weighted by molar-refractivity contribution is 0.0745. The van der Waals surface area contributed by atoms with Crippen LogP contribution in [0.25, 0.3) is 0 Å². The second kappa shape index (κ2) is 6.10. The normalized spacial score (nSPS) is 19.0. The molecule has 18 heavy (non-hydrogen) atoms. The molecule has 0 aliphatic carbocycles. The molecule has 0 radical (unpaired) electrons. The topological polar surface area (TPSA) is 29.5 Å². The van der Waals surface area contributed by atoms with Crippen LogP contribution in [0.4, 0.5) is 0 Å². The average Bonchev–Trinajstić information content (AvgIpc) is 2.87. The first-order valence-electron chi connectivity index (χ1n) is 6.36. The van der Waals surface area contributed by atoms with E-state index in [0.29, 0.717) is 23.8 Å². The zero-order valence-corrected chi connectivity index (χ0v) is 11.3. The van der Waals surface area contributed by atoms with E-state index in [4.69, 9.17) is 16.3 Å². The van der Waals surface area contributed by atoms with Crippen molar-refractivity contribution in [1.82, 2.24) is 4.90 Å². The van der Waals surface area contributed by atoms with E-state index in [-0.39, 0.29) is 11.9 Å². The van der Waals surface area contributed by atoms with Crippen molar-refractivity contribution in [1.29, 1.82) is 0 Å². The molecule has 1 atom stereocenters. The molecule has 1 aromatic carbocycles. The average molecular weight is 268 g/mol. The maximum atomic E-state index is 12.5. The minimum atomic E-state index is 0.0298. The van der Waals surface area contributed by atoms with Crippen molar-refractivity contribution in [3.05, 3.63) is 29.8 Å². The van der Waals surface area contributed by atoms with Crippen LogP contribution in [0.15, 0.2) is 24.3 Å². The molecule has 0 saturated carbocycles. The molecule has 1 fully saturated rings. The Morgan fingerprint density at radius 3 is 3.00 bits per heavy atom. The van der Waals surface area contributed by atoms with E-state index < -0.39 is 0 Å². The van der Waals surface area contributed by atoms with Crippen LogP contribution >= 0.6 is 11.6 Å². The van der Waals surface area contributed by atoms with E-state index in [0.717, 1.165) is 19.4 Å². The zero-order chi connectivity index (χ0) is 13.0. The van der Waals surface area contributed by atoms with Crippen molar-refractivity contribution in [2.24, 2.45) is 0 Å². The number of amides is 1. The number of benzene rings is 1. The lowest BCUT2D eigenvalue weighted by Crippen LogP contribution is -2.36. The molecule has 1 aromatic rings. The van der Waals surface area contributed by atoms with Gasteiger partial charge in [-0.15, -0.1) is 11.6 Å². The molecule has 1 amide bonds. The summed E-state index contributed by atoms with van der Waals surface area (Å²) in [4.78, 5) is 14.4. The lowest BCUT2D eigenvalue weighted by Gasteiger charge is -2.23. The Morgan fingerprint density at radius 1 is 1.50 bits per heavy atom. The molecule has 1 saturated heterocycles. The Kier molecular flexibility index (Phi) is 4.48. The summed E-state index contributed by atoms with van der Waals surface area (Å²) in [5.74, 6) is 1.19. The predicted octanol–water partition coefficient (Wildman–Crippen LogP) is 2.93. The summed E-state index contributed by atoms with van der Waals surface area (Å²) in [6.45, 7) is 3.26. The van der Waals surface area contributed by atoms with E-state index in [2.05, 4.69) is 0 Å². The number of carbonyl (C=O) groups is 1. The predicted molar refractivity (Wildman–Crippen MR) is 72.4 cm³/mol. The second-order valence-corrected chi connectivity index (χ2v) is 4.69. The van der Waals surface area contributed by atoms with Crippen LogP contribution in [-0.2, 0) is 0 Å². The van der Waals surface area contributed by atoms with Gasteiger partial charge in [-0.05, 0) is 31.9 Å². The van der Waals surface area contributed by atoms with Crippen molar-refractivity contribution < 1.29 is 9.53 Å². The first-order chi connectivity index (χ1) is 8.77. The standard InChI is InChI=1S/C14H18ClNO2/c1-2-18-13-8-4-3-7-12(13)14(17)16-9-5-6-11(16)10-15/h3-4,7-8,11H,2,5-6,9-10H2,1H3. The first kappa shape index (κ1) is 13.2. The Morgan fingerprint density at radius 2 is 2.28 bits per heavy atom. The van der Waals surface area contributed by atoms with Gasteiger partial charge >= 0.3 is 0 Å². The third-order valence-corrected chi connectivity index (χ3v) is 3.59. The summed E-state index contributed by atoms with van der Waals surface area (Å²) < 4.78 is 5.51. The fraction of sp³-hybridized carbons (Fsp3) is 0.500. The van der Waals surface area contributed by atoms with Gasteiger partial charge < -0.3 is 9.64 Å². The van der Waals surface area contributed by atoms with Gasteiger partial charge in [0.25, 0.3) is 5.91 Å². The minimum absolute atomic E-state index is 0.0298. The number of nitrogens with zero attached hydrogens (tertiary/aromatic N) is 1. The van der Waals surface area contributed by atoms with Crippen LogP contribution in [0.1, 0.15) is 30.1 Å². The fourth-order valence-corrected chi connectivity index (χ4v) is 2.66. The van der Waals surface area contributed by atoms with Crippen LogP contribution in [0, 0.1) is 0 Å². The van der Waals surface area contributed by atoms with E-state index in [9.17, 15) is 4.79 Å². The summed E-state index contributed by atoms with van der Waals surface area (Å²) in [5.41, 5.74) is 0.636. The summed E-state index contributed by atoms with van der Waals surface area (Å²) >= 11 is 5.91. The zero-order valence-electron chi connectivity index (χ0n) is 10.6. The maximum absolute atomic E-state index is 12.5. The number of carbonyl (C=O) groups excluding carboxylic acids is 1. The molecule has 3 nitrogen and oxygen atoms in total. The molecule has 0 N–H and O–H groups in total. The van der Waals surface area contributed by atoms with Crippen LogP contribution in [0.3, 0.4) is 0 Å². The van der Waals surface area contributed by atoms with E-state index in [1.807, 2.05) is 36.1 Å². The number of para-hydroxylation sites is 1. The molecule has 1 unspecified atom stereocenters. The number of ether oxygens (including phenoxy) is 1. The number of hydrogen-bond acceptors (Lipinski definition) is 2. The second-order valence-electron chi connectivity index (χ2n) is 4.38. The van der Waals surface area contributed by atoms with E-state index >= 15 is 0 Å². The quantitative estimate of drug-likeness (QED) is 0.785. The largest absolute Gasteiger partial charge is 0.493 e. The van der Waals surface area contributed by atoms with Crippen molar-refractivity contribution in [2.45, 2.75) is 25.8 Å². The smallest absolute Gasteiger partial charge is 0.257 e. The Hall–Kier alpha value is -1.22. The van der Waals surface area contributed by atoms with Gasteiger partial charge in [-0.1, -0.05) is 12.1 Å². The van der Waals surface area contributed by atoms with Gasteiger partial charge in [-0.2, -0.15) is 0 Å². The van der Waals surface area contributed by atoms with Gasteiger partial charge in [0.05, 0.1) is 12.2 Å². The number of rotatable bonds is 4. The van der Waals surface area contributed by atoms with E-state index in [1.54, 1.807) is 0 Å². The van der Waals surface area contributed by atoms with Crippen LogP contribution in [-0.4, -0.2) is 35.9 Å². The van der Waals surface area contributed by atoms with Crippen molar-refractivity contribution in [3.63, 3.8) is 0 Å². The lowest BCUT2D eigenvalue weighted by atomic mass is 10.1. The Balaban J connectivity index is 2.22. The van der Waals surface area contributed by atoms with Gasteiger partial charge in [0.15, 0.2) is 0 Å². The number of alkyl halides is 1. The molecule has 1 aliphatic rings. The Labute approximate surface area is 113 Å². The van der Waals surface area contributed by atoms with Crippen LogP contribution in [0.2, 0.25) is 0 Å². The third kappa shape index (κ3) is 2.61.